The van der Waals surface area contributed by atoms with Gasteiger partial charge in [0, 0.05) is 11.1 Å². The maximum absolute atomic E-state index is 12.7. The van der Waals surface area contributed by atoms with E-state index in [1.54, 1.807) is 6.92 Å². The molecule has 0 spiro atoms. The minimum absolute atomic E-state index is 0.0368. The van der Waals surface area contributed by atoms with Crippen LogP contribution in [0.5, 0.6) is 0 Å². The van der Waals surface area contributed by atoms with E-state index < -0.39 is 23.7 Å². The monoisotopic (exact) mass is 311 g/mol. The standard InChI is InChI=1S/C10H12F3N3O3S/c1-5-14-3-6(20-5)4-15-8(19)16-9(2,7(17)18)10(11,12)13/h3H,4H2,1-2H3,(H,17,18)(H2,15,16,19). The molecule has 0 fully saturated rings. The molecule has 20 heavy (non-hydrogen) atoms. The molecular weight excluding hydrogens is 299 g/mol. The number of nitrogens with one attached hydrogen (secondary N) is 2. The first-order valence-corrected chi connectivity index (χ1v) is 6.15. The Bertz CT molecular complexity index is 517. The van der Waals surface area contributed by atoms with Gasteiger partial charge in [-0.3, -0.25) is 0 Å². The largest absolute Gasteiger partial charge is 0.479 e. The Kier molecular flexibility index (Phi) is 4.58. The third-order valence-corrected chi connectivity index (χ3v) is 3.36. The van der Waals surface area contributed by atoms with E-state index in [4.69, 9.17) is 5.11 Å². The molecule has 0 aliphatic carbocycles. The molecule has 0 aliphatic rings. The number of aliphatic carboxylic acids is 1. The van der Waals surface area contributed by atoms with Crippen LogP contribution in [0.15, 0.2) is 6.20 Å². The van der Waals surface area contributed by atoms with Gasteiger partial charge in [-0.25, -0.2) is 14.6 Å². The van der Waals surface area contributed by atoms with E-state index in [0.717, 1.165) is 5.01 Å². The maximum Gasteiger partial charge on any atom is 0.422 e. The van der Waals surface area contributed by atoms with Crippen molar-refractivity contribution in [3.05, 3.63) is 16.1 Å². The minimum Gasteiger partial charge on any atom is -0.479 e. The van der Waals surface area contributed by atoms with Crippen LogP contribution in [0.2, 0.25) is 0 Å². The first kappa shape index (κ1) is 16.2. The van der Waals surface area contributed by atoms with E-state index in [1.807, 2.05) is 0 Å². The summed E-state index contributed by atoms with van der Waals surface area (Å²) in [6, 6.07) is -1.22. The quantitative estimate of drug-likeness (QED) is 0.788. The van der Waals surface area contributed by atoms with E-state index in [9.17, 15) is 22.8 Å². The highest BCUT2D eigenvalue weighted by Gasteiger charge is 2.58. The number of carbonyl (C=O) groups excluding carboxylic acids is 1. The second kappa shape index (κ2) is 5.65. The van der Waals surface area contributed by atoms with Crippen LogP contribution < -0.4 is 10.6 Å². The summed E-state index contributed by atoms with van der Waals surface area (Å²) in [4.78, 5) is 26.6. The molecule has 1 rings (SSSR count). The van der Waals surface area contributed by atoms with Gasteiger partial charge < -0.3 is 15.7 Å². The lowest BCUT2D eigenvalue weighted by Gasteiger charge is -2.28. The van der Waals surface area contributed by atoms with E-state index in [-0.39, 0.29) is 6.54 Å². The number of hydrogen-bond donors (Lipinski definition) is 3. The SMILES string of the molecule is Cc1ncc(CNC(=O)NC(C)(C(=O)O)C(F)(F)F)s1. The van der Waals surface area contributed by atoms with Crippen molar-refractivity contribution in [1.82, 2.24) is 15.6 Å². The number of thiazole rings is 1. The molecule has 0 bridgehead atoms. The number of aromatic nitrogens is 1. The number of rotatable bonds is 4. The highest BCUT2D eigenvalue weighted by molar-refractivity contribution is 7.11. The van der Waals surface area contributed by atoms with Crippen LogP contribution >= 0.6 is 11.3 Å². The van der Waals surface area contributed by atoms with Gasteiger partial charge in [0.15, 0.2) is 0 Å². The third kappa shape index (κ3) is 3.59. The number of amides is 2. The van der Waals surface area contributed by atoms with Crippen molar-refractivity contribution in [2.45, 2.75) is 32.1 Å². The zero-order chi connectivity index (χ0) is 15.6. The molecular formula is C10H12F3N3O3S. The Morgan fingerprint density at radius 2 is 2.05 bits per heavy atom. The van der Waals surface area contributed by atoms with E-state index >= 15 is 0 Å². The van der Waals surface area contributed by atoms with Crippen LogP contribution in [0.4, 0.5) is 18.0 Å². The molecule has 0 radical (unpaired) electrons. The molecule has 1 aromatic rings. The molecule has 1 unspecified atom stereocenters. The Morgan fingerprint density at radius 1 is 1.45 bits per heavy atom. The molecule has 112 valence electrons. The van der Waals surface area contributed by atoms with Crippen molar-refractivity contribution in [1.29, 1.82) is 0 Å². The number of hydrogen-bond acceptors (Lipinski definition) is 4. The summed E-state index contributed by atoms with van der Waals surface area (Å²) >= 11 is 1.27. The zero-order valence-corrected chi connectivity index (χ0v) is 11.4. The van der Waals surface area contributed by atoms with E-state index in [0.29, 0.717) is 11.8 Å². The van der Waals surface area contributed by atoms with Gasteiger partial charge in [0.05, 0.1) is 11.6 Å². The van der Waals surface area contributed by atoms with Gasteiger partial charge >= 0.3 is 18.2 Å². The lowest BCUT2D eigenvalue weighted by Crippen LogP contribution is -2.63. The molecule has 2 amide bonds. The molecule has 1 heterocycles. The number of aryl methyl sites for hydroxylation is 1. The number of urea groups is 1. The highest BCUT2D eigenvalue weighted by atomic mass is 32.1. The summed E-state index contributed by atoms with van der Waals surface area (Å²) in [5.41, 5.74) is -3.35. The predicted octanol–water partition coefficient (Wildman–Crippen LogP) is 1.66. The van der Waals surface area contributed by atoms with E-state index in [2.05, 4.69) is 10.3 Å². The van der Waals surface area contributed by atoms with E-state index in [1.165, 1.54) is 22.9 Å². The third-order valence-electron chi connectivity index (χ3n) is 2.45. The summed E-state index contributed by atoms with van der Waals surface area (Å²) in [6.07, 6.45) is -3.64. The fraction of sp³-hybridized carbons (Fsp3) is 0.500. The Hall–Kier alpha value is -1.84. The van der Waals surface area contributed by atoms with Crippen LogP contribution in [0, 0.1) is 6.92 Å². The lowest BCUT2D eigenvalue weighted by molar-refractivity contribution is -0.203. The van der Waals surface area contributed by atoms with Gasteiger partial charge in [-0.1, -0.05) is 0 Å². The number of carboxylic acid groups (broad SMARTS) is 1. The Balaban J connectivity index is 2.66. The van der Waals surface area contributed by atoms with Gasteiger partial charge in [-0.05, 0) is 13.8 Å². The first-order chi connectivity index (χ1) is 9.06. The summed E-state index contributed by atoms with van der Waals surface area (Å²) < 4.78 is 38.0. The van der Waals surface area contributed by atoms with Crippen LogP contribution in [-0.2, 0) is 11.3 Å². The number of carboxylic acids is 1. The number of alkyl halides is 3. The summed E-state index contributed by atoms with van der Waals surface area (Å²) in [6.45, 7) is 2.08. The molecule has 0 aromatic carbocycles. The second-order valence-corrected chi connectivity index (χ2v) is 5.40. The van der Waals surface area contributed by atoms with Crippen molar-refractivity contribution < 1.29 is 27.9 Å². The topological polar surface area (TPSA) is 91.3 Å². The van der Waals surface area contributed by atoms with Gasteiger partial charge in [0.25, 0.3) is 0 Å². The van der Waals surface area contributed by atoms with Crippen molar-refractivity contribution in [3.63, 3.8) is 0 Å². The van der Waals surface area contributed by atoms with Gasteiger partial charge in [0.1, 0.15) is 0 Å². The minimum atomic E-state index is -5.11. The molecule has 10 heteroatoms. The molecule has 0 aliphatic heterocycles. The average Bonchev–Trinajstić information content (AvgIpc) is 2.70. The lowest BCUT2D eigenvalue weighted by atomic mass is 10.0. The molecule has 6 nitrogen and oxygen atoms in total. The molecule has 0 saturated carbocycles. The van der Waals surface area contributed by atoms with Gasteiger partial charge in [-0.2, -0.15) is 13.2 Å². The van der Waals surface area contributed by atoms with Crippen molar-refractivity contribution >= 4 is 23.3 Å². The van der Waals surface area contributed by atoms with Crippen molar-refractivity contribution in [2.24, 2.45) is 0 Å². The molecule has 1 aromatic heterocycles. The molecule has 0 saturated heterocycles. The Labute approximate surface area is 116 Å². The maximum atomic E-state index is 12.7. The summed E-state index contributed by atoms with van der Waals surface area (Å²) in [5.74, 6) is -2.19. The fourth-order valence-corrected chi connectivity index (χ4v) is 1.91. The van der Waals surface area contributed by atoms with Crippen LogP contribution in [0.3, 0.4) is 0 Å². The van der Waals surface area contributed by atoms with Gasteiger partial charge in [-0.15, -0.1) is 11.3 Å². The van der Waals surface area contributed by atoms with Crippen LogP contribution in [-0.4, -0.2) is 33.8 Å². The summed E-state index contributed by atoms with van der Waals surface area (Å²) in [7, 11) is 0. The van der Waals surface area contributed by atoms with Crippen molar-refractivity contribution in [3.8, 4) is 0 Å². The first-order valence-electron chi connectivity index (χ1n) is 5.33. The predicted molar refractivity (Wildman–Crippen MR) is 64.3 cm³/mol. The normalized spacial score (nSPS) is 14.4. The second-order valence-electron chi connectivity index (χ2n) is 4.08. The van der Waals surface area contributed by atoms with Gasteiger partial charge in [0.2, 0.25) is 5.54 Å². The van der Waals surface area contributed by atoms with Crippen LogP contribution in [0.1, 0.15) is 16.8 Å². The zero-order valence-electron chi connectivity index (χ0n) is 10.5. The van der Waals surface area contributed by atoms with Crippen molar-refractivity contribution in [2.75, 3.05) is 0 Å². The summed E-state index contributed by atoms with van der Waals surface area (Å²) in [5, 5.41) is 13.0. The number of carbonyl (C=O) groups is 2. The highest BCUT2D eigenvalue weighted by Crippen LogP contribution is 2.30. The average molecular weight is 311 g/mol. The number of nitrogens with zero attached hydrogens (tertiary/aromatic N) is 1. The molecule has 1 atom stereocenters. The fourth-order valence-electron chi connectivity index (χ4n) is 1.17. The Morgan fingerprint density at radius 3 is 2.45 bits per heavy atom. The molecule has 3 N–H and O–H groups in total. The number of halogens is 3. The van der Waals surface area contributed by atoms with Crippen LogP contribution in [0.25, 0.3) is 0 Å². The smallest absolute Gasteiger partial charge is 0.422 e.